The predicted molar refractivity (Wildman–Crippen MR) is 68.1 cm³/mol. The average molecular weight is 228 g/mol. The third-order valence-electron chi connectivity index (χ3n) is 3.55. The lowest BCUT2D eigenvalue weighted by molar-refractivity contribution is -0.168. The Labute approximate surface area is 100 Å². The van der Waals surface area contributed by atoms with Gasteiger partial charge >= 0.3 is 0 Å². The summed E-state index contributed by atoms with van der Waals surface area (Å²) in [5, 5.41) is 2.21. The lowest BCUT2D eigenvalue weighted by Crippen LogP contribution is -2.36. The molecule has 1 aliphatic carbocycles. The quantitative estimate of drug-likeness (QED) is 0.513. The Morgan fingerprint density at radius 2 is 1.75 bits per heavy atom. The highest BCUT2D eigenvalue weighted by Gasteiger charge is 2.20. The summed E-state index contributed by atoms with van der Waals surface area (Å²) in [5.41, 5.74) is 5.48. The second kappa shape index (κ2) is 8.97. The zero-order chi connectivity index (χ0) is 11.6. The predicted octanol–water partition coefficient (Wildman–Crippen LogP) is 2.70. The van der Waals surface area contributed by atoms with Gasteiger partial charge in [-0.3, -0.25) is 0 Å². The summed E-state index contributed by atoms with van der Waals surface area (Å²) in [6.45, 7) is 1.92. The summed E-state index contributed by atoms with van der Waals surface area (Å²) in [7, 11) is 1.81. The Hall–Kier alpha value is -0.120. The van der Waals surface area contributed by atoms with E-state index in [2.05, 4.69) is 5.06 Å². The van der Waals surface area contributed by atoms with Gasteiger partial charge in [0.05, 0.1) is 7.11 Å². The van der Waals surface area contributed by atoms with Crippen LogP contribution in [-0.2, 0) is 4.84 Å². The molecule has 1 fully saturated rings. The van der Waals surface area contributed by atoms with Gasteiger partial charge in [-0.1, -0.05) is 32.1 Å². The third kappa shape index (κ3) is 5.28. The zero-order valence-electron chi connectivity index (χ0n) is 10.8. The van der Waals surface area contributed by atoms with E-state index in [-0.39, 0.29) is 0 Å². The molecular weight excluding hydrogens is 200 g/mol. The van der Waals surface area contributed by atoms with Crippen LogP contribution in [0, 0.1) is 0 Å². The van der Waals surface area contributed by atoms with E-state index in [4.69, 9.17) is 10.6 Å². The van der Waals surface area contributed by atoms with Crippen molar-refractivity contribution < 1.29 is 4.84 Å². The molecule has 2 N–H and O–H groups in total. The second-order valence-corrected chi connectivity index (χ2v) is 4.82. The van der Waals surface area contributed by atoms with Gasteiger partial charge in [0.15, 0.2) is 0 Å². The van der Waals surface area contributed by atoms with E-state index in [1.807, 2.05) is 7.11 Å². The summed E-state index contributed by atoms with van der Waals surface area (Å²) < 4.78 is 0. The molecule has 0 radical (unpaired) electrons. The van der Waals surface area contributed by atoms with Gasteiger partial charge in [-0.05, 0) is 32.2 Å². The molecule has 0 aromatic rings. The van der Waals surface area contributed by atoms with Gasteiger partial charge in [-0.25, -0.2) is 0 Å². The van der Waals surface area contributed by atoms with E-state index in [0.717, 1.165) is 19.5 Å². The standard InChI is InChI=1S/C13H28N2O/c1-16-15(12-8-3-2-7-11-14)13-9-5-4-6-10-13/h13H,2-12,14H2,1H3. The molecule has 3 heteroatoms. The van der Waals surface area contributed by atoms with Crippen molar-refractivity contribution in [3.63, 3.8) is 0 Å². The number of hydrogen-bond acceptors (Lipinski definition) is 3. The summed E-state index contributed by atoms with van der Waals surface area (Å²) in [5.74, 6) is 0. The number of hydroxylamine groups is 2. The molecule has 0 aromatic carbocycles. The van der Waals surface area contributed by atoms with Crippen LogP contribution in [0.4, 0.5) is 0 Å². The van der Waals surface area contributed by atoms with Crippen molar-refractivity contribution in [1.82, 2.24) is 5.06 Å². The van der Waals surface area contributed by atoms with Crippen LogP contribution in [0.2, 0.25) is 0 Å². The lowest BCUT2D eigenvalue weighted by Gasteiger charge is -2.32. The van der Waals surface area contributed by atoms with Crippen LogP contribution in [0.25, 0.3) is 0 Å². The molecule has 0 heterocycles. The minimum absolute atomic E-state index is 0.674. The molecule has 0 amide bonds. The molecule has 0 saturated heterocycles. The molecule has 96 valence electrons. The fourth-order valence-electron chi connectivity index (χ4n) is 2.56. The van der Waals surface area contributed by atoms with E-state index in [0.29, 0.717) is 6.04 Å². The molecule has 1 aliphatic rings. The number of nitrogens with zero attached hydrogens (tertiary/aromatic N) is 1. The van der Waals surface area contributed by atoms with Gasteiger partial charge in [0.2, 0.25) is 0 Å². The Morgan fingerprint density at radius 1 is 1.06 bits per heavy atom. The normalized spacial score (nSPS) is 18.2. The van der Waals surface area contributed by atoms with Crippen molar-refractivity contribution in [2.75, 3.05) is 20.2 Å². The number of unbranched alkanes of at least 4 members (excludes halogenated alkanes) is 3. The van der Waals surface area contributed by atoms with Crippen LogP contribution in [0.5, 0.6) is 0 Å². The highest BCUT2D eigenvalue weighted by atomic mass is 16.7. The van der Waals surface area contributed by atoms with Crippen molar-refractivity contribution in [2.24, 2.45) is 5.73 Å². The van der Waals surface area contributed by atoms with Crippen molar-refractivity contribution in [2.45, 2.75) is 63.8 Å². The molecule has 0 unspecified atom stereocenters. The van der Waals surface area contributed by atoms with Gasteiger partial charge in [0, 0.05) is 12.6 Å². The summed E-state index contributed by atoms with van der Waals surface area (Å²) >= 11 is 0. The third-order valence-corrected chi connectivity index (χ3v) is 3.55. The van der Waals surface area contributed by atoms with E-state index in [1.165, 1.54) is 51.4 Å². The topological polar surface area (TPSA) is 38.5 Å². The van der Waals surface area contributed by atoms with E-state index in [9.17, 15) is 0 Å². The van der Waals surface area contributed by atoms with Crippen LogP contribution in [-0.4, -0.2) is 31.3 Å². The van der Waals surface area contributed by atoms with E-state index in [1.54, 1.807) is 0 Å². The number of hydrogen-bond donors (Lipinski definition) is 1. The maximum Gasteiger partial charge on any atom is 0.0575 e. The van der Waals surface area contributed by atoms with E-state index < -0.39 is 0 Å². The molecule has 1 rings (SSSR count). The summed E-state index contributed by atoms with van der Waals surface area (Å²) in [4.78, 5) is 5.50. The Bertz CT molecular complexity index is 158. The molecular formula is C13H28N2O. The molecule has 0 atom stereocenters. The first-order valence-corrected chi connectivity index (χ1v) is 6.89. The average Bonchev–Trinajstić information content (AvgIpc) is 2.35. The highest BCUT2D eigenvalue weighted by molar-refractivity contribution is 4.71. The lowest BCUT2D eigenvalue weighted by atomic mass is 9.95. The summed E-state index contributed by atoms with van der Waals surface area (Å²) in [6.07, 6.45) is 11.7. The Morgan fingerprint density at radius 3 is 2.38 bits per heavy atom. The molecule has 1 saturated carbocycles. The molecule has 0 bridgehead atoms. The second-order valence-electron chi connectivity index (χ2n) is 4.82. The van der Waals surface area contributed by atoms with E-state index >= 15 is 0 Å². The SMILES string of the molecule is CON(CCCCCCN)C1CCCCC1. The maximum absolute atomic E-state index is 5.50. The van der Waals surface area contributed by atoms with Gasteiger partial charge < -0.3 is 10.6 Å². The van der Waals surface area contributed by atoms with Crippen molar-refractivity contribution in [1.29, 1.82) is 0 Å². The first kappa shape index (κ1) is 13.9. The van der Waals surface area contributed by atoms with Crippen molar-refractivity contribution in [3.05, 3.63) is 0 Å². The van der Waals surface area contributed by atoms with Crippen molar-refractivity contribution in [3.8, 4) is 0 Å². The van der Waals surface area contributed by atoms with Gasteiger partial charge in [-0.2, -0.15) is 5.06 Å². The van der Waals surface area contributed by atoms with Crippen LogP contribution >= 0.6 is 0 Å². The fraction of sp³-hybridized carbons (Fsp3) is 1.00. The zero-order valence-corrected chi connectivity index (χ0v) is 10.8. The highest BCUT2D eigenvalue weighted by Crippen LogP contribution is 2.22. The fourth-order valence-corrected chi connectivity index (χ4v) is 2.56. The molecule has 16 heavy (non-hydrogen) atoms. The van der Waals surface area contributed by atoms with Crippen molar-refractivity contribution >= 4 is 0 Å². The van der Waals surface area contributed by atoms with Crippen LogP contribution in [0.1, 0.15) is 57.8 Å². The molecule has 0 aromatic heterocycles. The smallest absolute Gasteiger partial charge is 0.0575 e. The van der Waals surface area contributed by atoms with Gasteiger partial charge in [-0.15, -0.1) is 0 Å². The van der Waals surface area contributed by atoms with Crippen LogP contribution < -0.4 is 5.73 Å². The minimum Gasteiger partial charge on any atom is -0.330 e. The van der Waals surface area contributed by atoms with Gasteiger partial charge in [0.1, 0.15) is 0 Å². The maximum atomic E-state index is 5.50. The monoisotopic (exact) mass is 228 g/mol. The first-order valence-electron chi connectivity index (χ1n) is 6.89. The van der Waals surface area contributed by atoms with Crippen LogP contribution in [0.15, 0.2) is 0 Å². The largest absolute Gasteiger partial charge is 0.330 e. The molecule has 0 aliphatic heterocycles. The number of nitrogens with two attached hydrogens (primary N) is 1. The first-order chi connectivity index (χ1) is 7.88. The van der Waals surface area contributed by atoms with Gasteiger partial charge in [0.25, 0.3) is 0 Å². The Kier molecular flexibility index (Phi) is 7.81. The summed E-state index contributed by atoms with van der Waals surface area (Å²) in [6, 6.07) is 0.674. The Balaban J connectivity index is 2.10. The molecule has 3 nitrogen and oxygen atoms in total. The molecule has 0 spiro atoms. The number of rotatable bonds is 8. The minimum atomic E-state index is 0.674. The van der Waals surface area contributed by atoms with Crippen LogP contribution in [0.3, 0.4) is 0 Å².